The van der Waals surface area contributed by atoms with Crippen LogP contribution in [0.3, 0.4) is 0 Å². The van der Waals surface area contributed by atoms with E-state index in [0.717, 1.165) is 30.1 Å². The molecule has 0 radical (unpaired) electrons. The van der Waals surface area contributed by atoms with Gasteiger partial charge in [-0.1, -0.05) is 5.16 Å². The van der Waals surface area contributed by atoms with Gasteiger partial charge >= 0.3 is 0 Å². The minimum atomic E-state index is -0.642. The van der Waals surface area contributed by atoms with Gasteiger partial charge in [-0.3, -0.25) is 9.78 Å². The van der Waals surface area contributed by atoms with Crippen LogP contribution in [0.4, 0.5) is 5.69 Å². The van der Waals surface area contributed by atoms with Crippen LogP contribution in [0.5, 0.6) is 5.75 Å². The zero-order chi connectivity index (χ0) is 17.8. The van der Waals surface area contributed by atoms with Crippen molar-refractivity contribution >= 4 is 17.3 Å². The second-order valence-electron chi connectivity index (χ2n) is 6.19. The van der Waals surface area contributed by atoms with E-state index in [1.807, 2.05) is 24.3 Å². The lowest BCUT2D eigenvalue weighted by Gasteiger charge is -2.13. The van der Waals surface area contributed by atoms with Crippen molar-refractivity contribution in [3.63, 3.8) is 0 Å². The molecule has 26 heavy (non-hydrogen) atoms. The third-order valence-electron chi connectivity index (χ3n) is 4.27. The maximum atomic E-state index is 12.4. The van der Waals surface area contributed by atoms with Crippen LogP contribution in [-0.4, -0.2) is 42.0 Å². The van der Waals surface area contributed by atoms with E-state index in [2.05, 4.69) is 15.5 Å². The summed E-state index contributed by atoms with van der Waals surface area (Å²) in [6.07, 6.45) is 4.17. The fourth-order valence-corrected chi connectivity index (χ4v) is 2.86. The molecule has 0 bridgehead atoms. The number of nitrogens with zero attached hydrogens (tertiary/aromatic N) is 2. The summed E-state index contributed by atoms with van der Waals surface area (Å²) in [5.41, 5.74) is 2.27. The Morgan fingerprint density at radius 2 is 2.12 bits per heavy atom. The first-order valence-electron chi connectivity index (χ1n) is 8.56. The highest BCUT2D eigenvalue weighted by atomic mass is 16.6. The molecule has 0 spiro atoms. The molecule has 3 heterocycles. The molecule has 134 valence electrons. The van der Waals surface area contributed by atoms with Gasteiger partial charge < -0.3 is 19.6 Å². The van der Waals surface area contributed by atoms with E-state index in [1.165, 1.54) is 0 Å². The van der Waals surface area contributed by atoms with Gasteiger partial charge in [-0.25, -0.2) is 0 Å². The SMILES string of the molecule is O=C(Nc1ccc(OC2CCOC2)cc1)C1CC(c2cccnc2)=NO1. The van der Waals surface area contributed by atoms with Crippen LogP contribution in [-0.2, 0) is 14.4 Å². The topological polar surface area (TPSA) is 82.0 Å². The smallest absolute Gasteiger partial charge is 0.268 e. The lowest BCUT2D eigenvalue weighted by atomic mass is 10.1. The molecular weight excluding hydrogens is 334 g/mol. The van der Waals surface area contributed by atoms with Gasteiger partial charge in [0.2, 0.25) is 6.10 Å². The number of aromatic nitrogens is 1. The number of anilines is 1. The normalized spacial score (nSPS) is 21.8. The van der Waals surface area contributed by atoms with Gasteiger partial charge in [0.05, 0.1) is 18.9 Å². The molecule has 0 aliphatic carbocycles. The zero-order valence-corrected chi connectivity index (χ0v) is 14.1. The van der Waals surface area contributed by atoms with Gasteiger partial charge in [-0.15, -0.1) is 0 Å². The number of carbonyl (C=O) groups is 1. The number of rotatable bonds is 5. The van der Waals surface area contributed by atoms with Crippen molar-refractivity contribution in [1.82, 2.24) is 4.98 Å². The fourth-order valence-electron chi connectivity index (χ4n) is 2.86. The monoisotopic (exact) mass is 353 g/mol. The minimum absolute atomic E-state index is 0.102. The summed E-state index contributed by atoms with van der Waals surface area (Å²) >= 11 is 0. The number of hydrogen-bond acceptors (Lipinski definition) is 6. The Hall–Kier alpha value is -2.93. The maximum absolute atomic E-state index is 12.4. The van der Waals surface area contributed by atoms with Crippen LogP contribution in [0, 0.1) is 0 Å². The Morgan fingerprint density at radius 1 is 1.23 bits per heavy atom. The summed E-state index contributed by atoms with van der Waals surface area (Å²) in [5, 5.41) is 6.85. The van der Waals surface area contributed by atoms with Crippen molar-refractivity contribution in [2.24, 2.45) is 5.16 Å². The number of nitrogens with one attached hydrogen (secondary N) is 1. The number of hydrogen-bond donors (Lipinski definition) is 1. The molecule has 2 aliphatic heterocycles. The molecule has 2 atom stereocenters. The number of pyridine rings is 1. The molecule has 1 fully saturated rings. The lowest BCUT2D eigenvalue weighted by molar-refractivity contribution is -0.125. The standard InChI is InChI=1S/C19H19N3O4/c23-19(18-10-17(22-26-18)13-2-1-8-20-11-13)21-14-3-5-15(6-4-14)25-16-7-9-24-12-16/h1-6,8,11,16,18H,7,9-10,12H2,(H,21,23). The second kappa shape index (κ2) is 7.53. The van der Waals surface area contributed by atoms with Crippen LogP contribution in [0.25, 0.3) is 0 Å². The maximum Gasteiger partial charge on any atom is 0.268 e. The van der Waals surface area contributed by atoms with E-state index >= 15 is 0 Å². The summed E-state index contributed by atoms with van der Waals surface area (Å²) < 4.78 is 11.1. The van der Waals surface area contributed by atoms with E-state index < -0.39 is 6.10 Å². The molecule has 2 unspecified atom stereocenters. The predicted octanol–water partition coefficient (Wildman–Crippen LogP) is 2.38. The largest absolute Gasteiger partial charge is 0.488 e. The van der Waals surface area contributed by atoms with Crippen LogP contribution in [0.1, 0.15) is 18.4 Å². The molecule has 1 amide bonds. The molecular formula is C19H19N3O4. The van der Waals surface area contributed by atoms with Gasteiger partial charge in [-0.05, 0) is 36.4 Å². The molecule has 1 aromatic carbocycles. The van der Waals surface area contributed by atoms with Crippen molar-refractivity contribution in [3.8, 4) is 5.75 Å². The summed E-state index contributed by atoms with van der Waals surface area (Å²) in [7, 11) is 0. The molecule has 0 saturated carbocycles. The first kappa shape index (κ1) is 16.5. The van der Waals surface area contributed by atoms with Crippen LogP contribution < -0.4 is 10.1 Å². The molecule has 7 nitrogen and oxygen atoms in total. The third kappa shape index (κ3) is 3.83. The van der Waals surface area contributed by atoms with Crippen LogP contribution >= 0.6 is 0 Å². The fraction of sp³-hybridized carbons (Fsp3) is 0.316. The lowest BCUT2D eigenvalue weighted by Crippen LogP contribution is -2.28. The Bertz CT molecular complexity index is 786. The zero-order valence-electron chi connectivity index (χ0n) is 14.1. The van der Waals surface area contributed by atoms with Gasteiger partial charge in [0.15, 0.2) is 0 Å². The summed E-state index contributed by atoms with van der Waals surface area (Å²) in [6.45, 7) is 1.36. The molecule has 2 aromatic rings. The van der Waals surface area contributed by atoms with Crippen molar-refractivity contribution in [3.05, 3.63) is 54.4 Å². The highest BCUT2D eigenvalue weighted by molar-refractivity contribution is 6.05. The molecule has 1 saturated heterocycles. The summed E-state index contributed by atoms with van der Waals surface area (Å²) in [5.74, 6) is 0.531. The Morgan fingerprint density at radius 3 is 2.85 bits per heavy atom. The molecule has 1 aromatic heterocycles. The number of oxime groups is 1. The van der Waals surface area contributed by atoms with Crippen molar-refractivity contribution in [1.29, 1.82) is 0 Å². The van der Waals surface area contributed by atoms with Gasteiger partial charge in [-0.2, -0.15) is 0 Å². The van der Waals surface area contributed by atoms with E-state index in [4.69, 9.17) is 14.3 Å². The number of benzene rings is 1. The quantitative estimate of drug-likeness (QED) is 0.892. The Kier molecular flexibility index (Phi) is 4.79. The first-order chi connectivity index (χ1) is 12.8. The second-order valence-corrected chi connectivity index (χ2v) is 6.19. The summed E-state index contributed by atoms with van der Waals surface area (Å²) in [6, 6.07) is 11.0. The Balaban J connectivity index is 1.31. The highest BCUT2D eigenvalue weighted by Crippen LogP contribution is 2.21. The predicted molar refractivity (Wildman–Crippen MR) is 95.2 cm³/mol. The van der Waals surface area contributed by atoms with Crippen molar-refractivity contribution < 1.29 is 19.1 Å². The van der Waals surface area contributed by atoms with E-state index in [0.29, 0.717) is 18.7 Å². The minimum Gasteiger partial charge on any atom is -0.488 e. The molecule has 7 heteroatoms. The highest BCUT2D eigenvalue weighted by Gasteiger charge is 2.29. The Labute approximate surface area is 151 Å². The van der Waals surface area contributed by atoms with Gasteiger partial charge in [0, 0.05) is 36.5 Å². The van der Waals surface area contributed by atoms with E-state index in [9.17, 15) is 4.79 Å². The number of amides is 1. The number of carbonyl (C=O) groups excluding carboxylic acids is 1. The first-order valence-corrected chi connectivity index (χ1v) is 8.56. The molecule has 4 rings (SSSR count). The number of ether oxygens (including phenoxy) is 2. The van der Waals surface area contributed by atoms with Gasteiger partial charge in [0.25, 0.3) is 5.91 Å². The molecule has 2 aliphatic rings. The van der Waals surface area contributed by atoms with Gasteiger partial charge in [0.1, 0.15) is 11.9 Å². The molecule has 1 N–H and O–H groups in total. The average Bonchev–Trinajstić information content (AvgIpc) is 3.36. The van der Waals surface area contributed by atoms with E-state index in [1.54, 1.807) is 24.5 Å². The van der Waals surface area contributed by atoms with Crippen molar-refractivity contribution in [2.75, 3.05) is 18.5 Å². The summed E-state index contributed by atoms with van der Waals surface area (Å²) in [4.78, 5) is 21.7. The van der Waals surface area contributed by atoms with E-state index in [-0.39, 0.29) is 12.0 Å². The average molecular weight is 353 g/mol. The van der Waals surface area contributed by atoms with Crippen LogP contribution in [0.2, 0.25) is 0 Å². The van der Waals surface area contributed by atoms with Crippen LogP contribution in [0.15, 0.2) is 53.9 Å². The third-order valence-corrected chi connectivity index (χ3v) is 4.27. The van der Waals surface area contributed by atoms with Crippen molar-refractivity contribution in [2.45, 2.75) is 25.0 Å².